The second-order valence-electron chi connectivity index (χ2n) is 7.24. The zero-order chi connectivity index (χ0) is 21.0. The minimum Gasteiger partial charge on any atom is -0.267 e. The van der Waals surface area contributed by atoms with E-state index in [1.807, 2.05) is 91.0 Å². The van der Waals surface area contributed by atoms with Gasteiger partial charge in [0.1, 0.15) is 0 Å². The molecule has 148 valence electrons. The Morgan fingerprint density at radius 3 is 2.39 bits per heavy atom. The maximum atomic E-state index is 13.0. The van der Waals surface area contributed by atoms with E-state index in [0.29, 0.717) is 5.56 Å². The number of nitrogens with one attached hydrogen (secondary N) is 1. The average molecular weight is 401 g/mol. The predicted molar refractivity (Wildman–Crippen MR) is 126 cm³/mol. The molecule has 0 spiro atoms. The molecule has 0 saturated carbocycles. The van der Waals surface area contributed by atoms with Crippen molar-refractivity contribution < 1.29 is 4.79 Å². The van der Waals surface area contributed by atoms with Crippen LogP contribution in [0.3, 0.4) is 0 Å². The molecule has 1 N–H and O–H groups in total. The van der Waals surface area contributed by atoms with Crippen molar-refractivity contribution in [2.24, 2.45) is 5.10 Å². The second kappa shape index (κ2) is 8.20. The number of amides is 1. The summed E-state index contributed by atoms with van der Waals surface area (Å²) < 4.78 is 0. The van der Waals surface area contributed by atoms with E-state index in [-0.39, 0.29) is 5.91 Å². The molecule has 5 rings (SSSR count). The van der Waals surface area contributed by atoms with Gasteiger partial charge in [-0.3, -0.25) is 4.79 Å². The Labute approximate surface area is 179 Å². The van der Waals surface area contributed by atoms with Crippen LogP contribution in [-0.2, 0) is 0 Å². The zero-order valence-electron chi connectivity index (χ0n) is 16.7. The van der Waals surface area contributed by atoms with Crippen molar-refractivity contribution in [2.75, 3.05) is 0 Å². The summed E-state index contributed by atoms with van der Waals surface area (Å²) in [6.45, 7) is 0. The number of hydrazone groups is 1. The summed E-state index contributed by atoms with van der Waals surface area (Å²) in [4.78, 5) is 17.7. The number of carbonyl (C=O) groups excluding carboxylic acids is 1. The summed E-state index contributed by atoms with van der Waals surface area (Å²) in [5, 5.41) is 7.28. The lowest BCUT2D eigenvalue weighted by Crippen LogP contribution is -2.18. The highest BCUT2D eigenvalue weighted by Crippen LogP contribution is 2.24. The minimum absolute atomic E-state index is 0.271. The molecule has 1 amide bonds. The lowest BCUT2D eigenvalue weighted by Gasteiger charge is -2.09. The molecule has 0 unspecified atom stereocenters. The number of benzene rings is 4. The average Bonchev–Trinajstić information content (AvgIpc) is 2.83. The predicted octanol–water partition coefficient (Wildman–Crippen LogP) is 5.82. The van der Waals surface area contributed by atoms with E-state index in [2.05, 4.69) is 22.7 Å². The number of nitrogens with zero attached hydrogens (tertiary/aromatic N) is 2. The topological polar surface area (TPSA) is 54.4 Å². The van der Waals surface area contributed by atoms with Crippen LogP contribution in [0.5, 0.6) is 0 Å². The van der Waals surface area contributed by atoms with Gasteiger partial charge in [0.15, 0.2) is 0 Å². The molecular formula is C27H19N3O. The van der Waals surface area contributed by atoms with Crippen molar-refractivity contribution in [1.29, 1.82) is 0 Å². The summed E-state index contributed by atoms with van der Waals surface area (Å²) in [6, 6.07) is 33.5. The molecule has 4 heteroatoms. The third-order valence-corrected chi connectivity index (χ3v) is 5.18. The van der Waals surface area contributed by atoms with Gasteiger partial charge in [0, 0.05) is 10.9 Å². The first-order valence-corrected chi connectivity index (χ1v) is 10.1. The first-order valence-electron chi connectivity index (χ1n) is 10.1. The van der Waals surface area contributed by atoms with Gasteiger partial charge in [-0.25, -0.2) is 10.4 Å². The van der Waals surface area contributed by atoms with Gasteiger partial charge in [0.2, 0.25) is 0 Å². The highest BCUT2D eigenvalue weighted by atomic mass is 16.2. The van der Waals surface area contributed by atoms with Crippen molar-refractivity contribution in [3.05, 3.63) is 114 Å². The molecule has 5 aromatic rings. The fourth-order valence-corrected chi connectivity index (χ4v) is 3.63. The lowest BCUT2D eigenvalue weighted by molar-refractivity contribution is 0.0956. The molecule has 0 aliphatic carbocycles. The summed E-state index contributed by atoms with van der Waals surface area (Å²) in [5.41, 5.74) is 6.61. The monoisotopic (exact) mass is 401 g/mol. The Kier molecular flexibility index (Phi) is 4.95. The van der Waals surface area contributed by atoms with E-state index < -0.39 is 0 Å². The van der Waals surface area contributed by atoms with E-state index in [0.717, 1.165) is 33.1 Å². The van der Waals surface area contributed by atoms with Crippen LogP contribution in [0.15, 0.2) is 108 Å². The SMILES string of the molecule is O=C(NN=Cc1ccc2ccccc2c1)c1cc(-c2ccccc2)nc2ccccc12. The minimum atomic E-state index is -0.271. The van der Waals surface area contributed by atoms with Crippen LogP contribution in [0.25, 0.3) is 32.9 Å². The Balaban J connectivity index is 1.45. The van der Waals surface area contributed by atoms with Gasteiger partial charge in [-0.05, 0) is 34.5 Å². The third-order valence-electron chi connectivity index (χ3n) is 5.18. The van der Waals surface area contributed by atoms with E-state index in [4.69, 9.17) is 4.98 Å². The van der Waals surface area contributed by atoms with E-state index in [9.17, 15) is 4.79 Å². The molecular weight excluding hydrogens is 382 g/mol. The van der Waals surface area contributed by atoms with Gasteiger partial charge in [0.25, 0.3) is 5.91 Å². The molecule has 0 fully saturated rings. The quantitative estimate of drug-likeness (QED) is 0.305. The Morgan fingerprint density at radius 1 is 0.774 bits per heavy atom. The van der Waals surface area contributed by atoms with Crippen molar-refractivity contribution in [3.8, 4) is 11.3 Å². The molecule has 0 bridgehead atoms. The van der Waals surface area contributed by atoms with Crippen molar-refractivity contribution in [1.82, 2.24) is 10.4 Å². The number of rotatable bonds is 4. The van der Waals surface area contributed by atoms with Crippen LogP contribution in [0, 0.1) is 0 Å². The van der Waals surface area contributed by atoms with Crippen molar-refractivity contribution in [2.45, 2.75) is 0 Å². The highest BCUT2D eigenvalue weighted by molar-refractivity contribution is 6.07. The maximum absolute atomic E-state index is 13.0. The molecule has 0 aliphatic rings. The van der Waals surface area contributed by atoms with E-state index in [1.54, 1.807) is 6.21 Å². The number of carbonyl (C=O) groups is 1. The van der Waals surface area contributed by atoms with Crippen LogP contribution in [-0.4, -0.2) is 17.1 Å². The van der Waals surface area contributed by atoms with Gasteiger partial charge in [0.05, 0.1) is 23.0 Å². The smallest absolute Gasteiger partial charge is 0.267 e. The van der Waals surface area contributed by atoms with Gasteiger partial charge in [-0.2, -0.15) is 5.10 Å². The second-order valence-corrected chi connectivity index (χ2v) is 7.24. The molecule has 4 aromatic carbocycles. The van der Waals surface area contributed by atoms with E-state index in [1.165, 1.54) is 5.39 Å². The Bertz CT molecular complexity index is 1420. The van der Waals surface area contributed by atoms with Gasteiger partial charge < -0.3 is 0 Å². The summed E-state index contributed by atoms with van der Waals surface area (Å²) in [7, 11) is 0. The van der Waals surface area contributed by atoms with Crippen molar-refractivity contribution in [3.63, 3.8) is 0 Å². The van der Waals surface area contributed by atoms with Gasteiger partial charge in [-0.1, -0.05) is 84.9 Å². The molecule has 1 aromatic heterocycles. The summed E-state index contributed by atoms with van der Waals surface area (Å²) in [6.07, 6.45) is 1.66. The number of pyridine rings is 1. The maximum Gasteiger partial charge on any atom is 0.272 e. The molecule has 4 nitrogen and oxygen atoms in total. The molecule has 1 heterocycles. The van der Waals surface area contributed by atoms with Crippen molar-refractivity contribution >= 4 is 33.8 Å². The lowest BCUT2D eigenvalue weighted by atomic mass is 10.0. The number of para-hydroxylation sites is 1. The number of hydrogen-bond acceptors (Lipinski definition) is 3. The fraction of sp³-hybridized carbons (Fsp3) is 0. The molecule has 31 heavy (non-hydrogen) atoms. The normalized spacial score (nSPS) is 11.2. The van der Waals surface area contributed by atoms with Crippen LogP contribution >= 0.6 is 0 Å². The molecule has 0 atom stereocenters. The van der Waals surface area contributed by atoms with Crippen LogP contribution in [0.4, 0.5) is 0 Å². The summed E-state index contributed by atoms with van der Waals surface area (Å²) in [5.74, 6) is -0.271. The first-order chi connectivity index (χ1) is 15.3. The Hall–Kier alpha value is -4.31. The van der Waals surface area contributed by atoms with Crippen LogP contribution in [0.2, 0.25) is 0 Å². The first kappa shape index (κ1) is 18.7. The molecule has 0 aliphatic heterocycles. The Morgan fingerprint density at radius 2 is 1.52 bits per heavy atom. The number of aromatic nitrogens is 1. The largest absolute Gasteiger partial charge is 0.272 e. The standard InChI is InChI=1S/C27H19N3O/c31-27(30-28-18-19-14-15-20-8-4-5-11-22(20)16-19)24-17-26(21-9-2-1-3-10-21)29-25-13-7-6-12-23(24)25/h1-18H,(H,30,31). The molecule has 0 saturated heterocycles. The number of hydrogen-bond donors (Lipinski definition) is 1. The number of fused-ring (bicyclic) bond motifs is 2. The van der Waals surface area contributed by atoms with Crippen LogP contribution < -0.4 is 5.43 Å². The third kappa shape index (κ3) is 3.91. The highest BCUT2D eigenvalue weighted by Gasteiger charge is 2.13. The van der Waals surface area contributed by atoms with E-state index >= 15 is 0 Å². The summed E-state index contributed by atoms with van der Waals surface area (Å²) >= 11 is 0. The van der Waals surface area contributed by atoms with Crippen LogP contribution in [0.1, 0.15) is 15.9 Å². The zero-order valence-corrected chi connectivity index (χ0v) is 16.7. The molecule has 0 radical (unpaired) electrons. The van der Waals surface area contributed by atoms with Gasteiger partial charge in [-0.15, -0.1) is 0 Å². The van der Waals surface area contributed by atoms with Gasteiger partial charge >= 0.3 is 0 Å². The fourth-order valence-electron chi connectivity index (χ4n) is 3.63.